The summed E-state index contributed by atoms with van der Waals surface area (Å²) in [6.45, 7) is 0. The molecule has 58 valence electrons. The van der Waals surface area contributed by atoms with E-state index in [1.54, 1.807) is 6.07 Å². The topological polar surface area (TPSA) is 26.0 Å². The van der Waals surface area contributed by atoms with E-state index in [9.17, 15) is 4.39 Å². The van der Waals surface area contributed by atoms with Gasteiger partial charge < -0.3 is 5.73 Å². The molecule has 0 saturated carbocycles. The number of nitrogen functional groups attached to an aromatic ring is 1. The van der Waals surface area contributed by atoms with Gasteiger partial charge in [0.2, 0.25) is 0 Å². The third-order valence-electron chi connectivity index (χ3n) is 2.24. The lowest BCUT2D eigenvalue weighted by Crippen LogP contribution is -1.95. The van der Waals surface area contributed by atoms with E-state index in [0.29, 0.717) is 0 Å². The van der Waals surface area contributed by atoms with Gasteiger partial charge in [-0.2, -0.15) is 0 Å². The zero-order chi connectivity index (χ0) is 7.84. The van der Waals surface area contributed by atoms with Crippen molar-refractivity contribution in [3.05, 3.63) is 29.1 Å². The van der Waals surface area contributed by atoms with E-state index in [1.807, 2.05) is 6.07 Å². The Morgan fingerprint density at radius 1 is 1.27 bits per heavy atom. The average Bonchev–Trinajstić information content (AvgIpc) is 2.45. The molecule has 1 nitrogen and oxygen atoms in total. The number of fused-ring (bicyclic) bond motifs is 1. The van der Waals surface area contributed by atoms with Gasteiger partial charge in [-0.25, -0.2) is 4.39 Å². The van der Waals surface area contributed by atoms with Crippen LogP contribution in [-0.2, 0) is 12.8 Å². The van der Waals surface area contributed by atoms with Crippen LogP contribution in [-0.4, -0.2) is 0 Å². The number of aryl methyl sites for hydroxylation is 1. The van der Waals surface area contributed by atoms with Crippen LogP contribution in [0.2, 0.25) is 0 Å². The molecule has 0 unspecified atom stereocenters. The van der Waals surface area contributed by atoms with E-state index >= 15 is 0 Å². The highest BCUT2D eigenvalue weighted by atomic mass is 19.1. The quantitative estimate of drug-likeness (QED) is 0.563. The second-order valence-electron chi connectivity index (χ2n) is 2.96. The highest BCUT2D eigenvalue weighted by Gasteiger charge is 2.16. The second kappa shape index (κ2) is 2.22. The van der Waals surface area contributed by atoms with Gasteiger partial charge in [-0.15, -0.1) is 0 Å². The van der Waals surface area contributed by atoms with Crippen molar-refractivity contribution >= 4 is 5.69 Å². The van der Waals surface area contributed by atoms with Crippen LogP contribution >= 0.6 is 0 Å². The van der Waals surface area contributed by atoms with E-state index in [-0.39, 0.29) is 11.5 Å². The van der Waals surface area contributed by atoms with Gasteiger partial charge in [0.25, 0.3) is 0 Å². The van der Waals surface area contributed by atoms with Gasteiger partial charge in [0.15, 0.2) is 0 Å². The normalized spacial score (nSPS) is 15.0. The summed E-state index contributed by atoms with van der Waals surface area (Å²) in [6, 6.07) is 3.58. The van der Waals surface area contributed by atoms with Gasteiger partial charge in [0.1, 0.15) is 5.82 Å². The minimum atomic E-state index is -0.194. The maximum absolute atomic E-state index is 13.2. The maximum atomic E-state index is 13.2. The number of anilines is 1. The number of rotatable bonds is 0. The Hall–Kier alpha value is -1.05. The molecule has 0 spiro atoms. The van der Waals surface area contributed by atoms with Crippen LogP contribution in [0.3, 0.4) is 0 Å². The summed E-state index contributed by atoms with van der Waals surface area (Å²) < 4.78 is 13.2. The second-order valence-corrected chi connectivity index (χ2v) is 2.96. The Labute approximate surface area is 65.0 Å². The Bertz CT molecular complexity index is 294. The first-order valence-corrected chi connectivity index (χ1v) is 3.85. The van der Waals surface area contributed by atoms with Gasteiger partial charge in [0.05, 0.1) is 5.69 Å². The lowest BCUT2D eigenvalue weighted by molar-refractivity contribution is 0.617. The molecule has 0 heterocycles. The fourth-order valence-corrected chi connectivity index (χ4v) is 1.64. The zero-order valence-electron chi connectivity index (χ0n) is 6.23. The fraction of sp³-hybridized carbons (Fsp3) is 0.333. The van der Waals surface area contributed by atoms with Crippen molar-refractivity contribution in [2.45, 2.75) is 19.3 Å². The van der Waals surface area contributed by atoms with Gasteiger partial charge in [-0.05, 0) is 36.5 Å². The Balaban J connectivity index is 2.62. The van der Waals surface area contributed by atoms with Gasteiger partial charge in [-0.3, -0.25) is 0 Å². The Kier molecular flexibility index (Phi) is 1.34. The zero-order valence-corrected chi connectivity index (χ0v) is 6.23. The monoisotopic (exact) mass is 151 g/mol. The lowest BCUT2D eigenvalue weighted by Gasteiger charge is -2.02. The highest BCUT2D eigenvalue weighted by molar-refractivity contribution is 5.48. The fourth-order valence-electron chi connectivity index (χ4n) is 1.64. The summed E-state index contributed by atoms with van der Waals surface area (Å²) in [5.41, 5.74) is 7.67. The van der Waals surface area contributed by atoms with Gasteiger partial charge in [-0.1, -0.05) is 6.07 Å². The molecule has 2 rings (SSSR count). The van der Waals surface area contributed by atoms with Crippen LogP contribution in [0.1, 0.15) is 17.5 Å². The van der Waals surface area contributed by atoms with E-state index in [1.165, 1.54) is 0 Å². The molecule has 11 heavy (non-hydrogen) atoms. The molecule has 0 aliphatic heterocycles. The molecule has 1 aliphatic rings. The SMILES string of the molecule is Nc1ccc2c(c1F)CCC2. The predicted molar refractivity (Wildman–Crippen MR) is 42.8 cm³/mol. The minimum absolute atomic E-state index is 0.194. The summed E-state index contributed by atoms with van der Waals surface area (Å²) >= 11 is 0. The molecule has 0 saturated heterocycles. The first-order valence-electron chi connectivity index (χ1n) is 3.85. The average molecular weight is 151 g/mol. The number of nitrogens with two attached hydrogens (primary N) is 1. The standard InChI is InChI=1S/C9H10FN/c10-9-7-3-1-2-6(7)4-5-8(9)11/h4-5H,1-3,11H2. The summed E-state index contributed by atoms with van der Waals surface area (Å²) in [4.78, 5) is 0. The molecule has 1 aliphatic carbocycles. The molecule has 0 atom stereocenters. The first kappa shape index (κ1) is 6.65. The van der Waals surface area contributed by atoms with Crippen LogP contribution in [0.15, 0.2) is 12.1 Å². The summed E-state index contributed by atoms with van der Waals surface area (Å²) in [6.07, 6.45) is 2.93. The predicted octanol–water partition coefficient (Wildman–Crippen LogP) is 1.90. The van der Waals surface area contributed by atoms with Crippen molar-refractivity contribution in [1.82, 2.24) is 0 Å². The maximum Gasteiger partial charge on any atom is 0.149 e. The third-order valence-corrected chi connectivity index (χ3v) is 2.24. The van der Waals surface area contributed by atoms with E-state index in [2.05, 4.69) is 0 Å². The molecule has 1 aromatic carbocycles. The van der Waals surface area contributed by atoms with Crippen molar-refractivity contribution in [2.75, 3.05) is 5.73 Å². The first-order chi connectivity index (χ1) is 5.29. The van der Waals surface area contributed by atoms with Crippen LogP contribution in [0, 0.1) is 5.82 Å². The molecule has 1 aromatic rings. The summed E-state index contributed by atoms with van der Waals surface area (Å²) in [5.74, 6) is -0.194. The summed E-state index contributed by atoms with van der Waals surface area (Å²) in [5, 5.41) is 0. The van der Waals surface area contributed by atoms with Crippen molar-refractivity contribution < 1.29 is 4.39 Å². The molecule has 0 aromatic heterocycles. The Morgan fingerprint density at radius 2 is 2.09 bits per heavy atom. The molecule has 2 N–H and O–H groups in total. The molecule has 0 radical (unpaired) electrons. The Morgan fingerprint density at radius 3 is 2.91 bits per heavy atom. The largest absolute Gasteiger partial charge is 0.396 e. The van der Waals surface area contributed by atoms with Crippen LogP contribution in [0.4, 0.5) is 10.1 Å². The van der Waals surface area contributed by atoms with Gasteiger partial charge >= 0.3 is 0 Å². The number of hydrogen-bond donors (Lipinski definition) is 1. The number of benzene rings is 1. The van der Waals surface area contributed by atoms with Crippen molar-refractivity contribution in [3.63, 3.8) is 0 Å². The minimum Gasteiger partial charge on any atom is -0.396 e. The van der Waals surface area contributed by atoms with Crippen LogP contribution in [0.5, 0.6) is 0 Å². The molecular formula is C9H10FN. The van der Waals surface area contributed by atoms with E-state index in [4.69, 9.17) is 5.73 Å². The third kappa shape index (κ3) is 0.897. The lowest BCUT2D eigenvalue weighted by atomic mass is 10.1. The van der Waals surface area contributed by atoms with E-state index in [0.717, 1.165) is 30.4 Å². The molecule has 0 bridgehead atoms. The summed E-state index contributed by atoms with van der Waals surface area (Å²) in [7, 11) is 0. The van der Waals surface area contributed by atoms with Crippen molar-refractivity contribution in [3.8, 4) is 0 Å². The molecule has 2 heteroatoms. The number of halogens is 1. The van der Waals surface area contributed by atoms with Crippen molar-refractivity contribution in [2.24, 2.45) is 0 Å². The number of hydrogen-bond acceptors (Lipinski definition) is 1. The smallest absolute Gasteiger partial charge is 0.149 e. The van der Waals surface area contributed by atoms with E-state index < -0.39 is 0 Å². The van der Waals surface area contributed by atoms with Gasteiger partial charge in [0, 0.05) is 0 Å². The van der Waals surface area contributed by atoms with Crippen molar-refractivity contribution in [1.29, 1.82) is 0 Å². The van der Waals surface area contributed by atoms with Crippen LogP contribution in [0.25, 0.3) is 0 Å². The molecule has 0 fully saturated rings. The van der Waals surface area contributed by atoms with Crippen LogP contribution < -0.4 is 5.73 Å². The molecular weight excluding hydrogens is 141 g/mol. The highest BCUT2D eigenvalue weighted by Crippen LogP contribution is 2.27. The molecule has 0 amide bonds.